The van der Waals surface area contributed by atoms with Gasteiger partial charge in [-0.2, -0.15) is 0 Å². The van der Waals surface area contributed by atoms with Crippen LogP contribution in [0.4, 0.5) is 0 Å². The van der Waals surface area contributed by atoms with Crippen LogP contribution in [0.25, 0.3) is 10.9 Å². The summed E-state index contributed by atoms with van der Waals surface area (Å²) in [6, 6.07) is 24.9. The average molecular weight is 484 g/mol. The number of benzene rings is 3. The molecule has 1 atom stereocenters. The van der Waals surface area contributed by atoms with E-state index < -0.39 is 5.54 Å². The third-order valence-electron chi connectivity index (χ3n) is 6.98. The van der Waals surface area contributed by atoms with Gasteiger partial charge in [-0.3, -0.25) is 9.59 Å². The number of carbonyl (C=O) groups excluding carboxylic acids is 2. The number of ether oxygens (including phenoxy) is 2. The van der Waals surface area contributed by atoms with E-state index in [1.165, 1.54) is 0 Å². The molecule has 1 aliphatic heterocycles. The number of amides is 2. The summed E-state index contributed by atoms with van der Waals surface area (Å²) in [5, 5.41) is 4.03. The van der Waals surface area contributed by atoms with Crippen LogP contribution in [0, 0.1) is 0 Å². The predicted molar refractivity (Wildman–Crippen MR) is 138 cm³/mol. The van der Waals surface area contributed by atoms with E-state index in [4.69, 9.17) is 9.47 Å². The zero-order valence-corrected chi connectivity index (χ0v) is 20.7. The van der Waals surface area contributed by atoms with Gasteiger partial charge in [-0.05, 0) is 31.2 Å². The number of fused-ring (bicyclic) bond motifs is 3. The SMILES string of the molecule is COc1ccccc1CNC(=O)[C@]1(C)Cn2c(cc3ccccc32)C(=O)N1Cc1ccccc1OC. The summed E-state index contributed by atoms with van der Waals surface area (Å²) >= 11 is 0. The van der Waals surface area contributed by atoms with Gasteiger partial charge in [0.05, 0.1) is 27.3 Å². The van der Waals surface area contributed by atoms with Gasteiger partial charge in [-0.1, -0.05) is 54.6 Å². The van der Waals surface area contributed by atoms with Gasteiger partial charge in [-0.25, -0.2) is 0 Å². The fourth-order valence-electron chi connectivity index (χ4n) is 4.97. The largest absolute Gasteiger partial charge is 0.496 e. The van der Waals surface area contributed by atoms with Gasteiger partial charge in [0, 0.05) is 28.6 Å². The Balaban J connectivity index is 1.54. The first-order chi connectivity index (χ1) is 17.5. The second kappa shape index (κ2) is 9.41. The predicted octanol–water partition coefficient (Wildman–Crippen LogP) is 4.39. The lowest BCUT2D eigenvalue weighted by atomic mass is 9.93. The monoisotopic (exact) mass is 483 g/mol. The van der Waals surface area contributed by atoms with Crippen LogP contribution in [0.1, 0.15) is 28.5 Å². The minimum Gasteiger partial charge on any atom is -0.496 e. The molecule has 1 aliphatic rings. The van der Waals surface area contributed by atoms with Crippen LogP contribution in [0.15, 0.2) is 78.9 Å². The molecule has 0 aliphatic carbocycles. The molecule has 0 spiro atoms. The van der Waals surface area contributed by atoms with Crippen molar-refractivity contribution in [3.05, 3.63) is 95.7 Å². The number of aromatic nitrogens is 1. The molecule has 4 aromatic rings. The van der Waals surface area contributed by atoms with Crippen molar-refractivity contribution in [3.8, 4) is 11.5 Å². The lowest BCUT2D eigenvalue weighted by Crippen LogP contribution is -2.63. The number of nitrogens with one attached hydrogen (secondary N) is 1. The molecule has 2 amide bonds. The Hall–Kier alpha value is -4.26. The molecule has 3 aromatic carbocycles. The highest BCUT2D eigenvalue weighted by Gasteiger charge is 2.47. The molecule has 7 nitrogen and oxygen atoms in total. The molecular weight excluding hydrogens is 454 g/mol. The number of hydrogen-bond acceptors (Lipinski definition) is 4. The number of rotatable bonds is 7. The highest BCUT2D eigenvalue weighted by molar-refractivity contribution is 6.03. The molecule has 7 heteroatoms. The molecule has 184 valence electrons. The van der Waals surface area contributed by atoms with Crippen molar-refractivity contribution in [1.29, 1.82) is 0 Å². The lowest BCUT2D eigenvalue weighted by Gasteiger charge is -2.44. The molecule has 1 aromatic heterocycles. The van der Waals surface area contributed by atoms with Crippen LogP contribution in [0.3, 0.4) is 0 Å². The van der Waals surface area contributed by atoms with E-state index in [1.807, 2.05) is 90.4 Å². The van der Waals surface area contributed by atoms with Gasteiger partial charge in [-0.15, -0.1) is 0 Å². The molecule has 0 fully saturated rings. The molecule has 0 unspecified atom stereocenters. The molecule has 5 rings (SSSR count). The standard InChI is InChI=1S/C29H29N3O4/c1-29(28(34)30-17-21-11-5-8-14-25(21)35-2)19-31-23-13-7-4-10-20(23)16-24(31)27(33)32(29)18-22-12-6-9-15-26(22)36-3/h4-16H,17-19H2,1-3H3,(H,30,34)/t29-/m0/s1. The van der Waals surface area contributed by atoms with E-state index in [1.54, 1.807) is 19.1 Å². The average Bonchev–Trinajstić information content (AvgIpc) is 3.28. The number of methoxy groups -OCH3 is 2. The van der Waals surface area contributed by atoms with Crippen LogP contribution in [-0.2, 0) is 24.4 Å². The molecule has 0 saturated carbocycles. The van der Waals surface area contributed by atoms with E-state index in [9.17, 15) is 9.59 Å². The fraction of sp³-hybridized carbons (Fsp3) is 0.241. The van der Waals surface area contributed by atoms with Crippen LogP contribution < -0.4 is 14.8 Å². The maximum atomic E-state index is 13.9. The molecule has 0 bridgehead atoms. The summed E-state index contributed by atoms with van der Waals surface area (Å²) in [6.45, 7) is 2.68. The Bertz CT molecular complexity index is 1440. The number of hydrogen-bond donors (Lipinski definition) is 1. The van der Waals surface area contributed by atoms with E-state index in [0.717, 1.165) is 22.0 Å². The van der Waals surface area contributed by atoms with Crippen LogP contribution >= 0.6 is 0 Å². The molecule has 36 heavy (non-hydrogen) atoms. The van der Waals surface area contributed by atoms with Gasteiger partial charge in [0.1, 0.15) is 22.7 Å². The summed E-state index contributed by atoms with van der Waals surface area (Å²) in [6.07, 6.45) is 0. The summed E-state index contributed by atoms with van der Waals surface area (Å²) in [7, 11) is 3.21. The Morgan fingerprint density at radius 3 is 2.25 bits per heavy atom. The normalized spacial score (nSPS) is 17.1. The van der Waals surface area contributed by atoms with Crippen molar-refractivity contribution in [1.82, 2.24) is 14.8 Å². The van der Waals surface area contributed by atoms with Crippen LogP contribution in [0.2, 0.25) is 0 Å². The van der Waals surface area contributed by atoms with Crippen LogP contribution in [0.5, 0.6) is 11.5 Å². The Kier molecular flexibility index (Phi) is 6.14. The van der Waals surface area contributed by atoms with Gasteiger partial charge < -0.3 is 24.3 Å². The summed E-state index contributed by atoms with van der Waals surface area (Å²) < 4.78 is 12.9. The highest BCUT2D eigenvalue weighted by Crippen LogP contribution is 2.35. The summed E-state index contributed by atoms with van der Waals surface area (Å²) in [5.74, 6) is 0.943. The summed E-state index contributed by atoms with van der Waals surface area (Å²) in [5.41, 5.74) is 2.06. The molecule has 1 N–H and O–H groups in total. The lowest BCUT2D eigenvalue weighted by molar-refractivity contribution is -0.133. The molecule has 2 heterocycles. The van der Waals surface area contributed by atoms with E-state index in [2.05, 4.69) is 5.32 Å². The summed E-state index contributed by atoms with van der Waals surface area (Å²) in [4.78, 5) is 29.5. The second-order valence-corrected chi connectivity index (χ2v) is 9.15. The molecular formula is C29H29N3O4. The van der Waals surface area contributed by atoms with Gasteiger partial charge in [0.15, 0.2) is 0 Å². The smallest absolute Gasteiger partial charge is 0.271 e. The first-order valence-corrected chi connectivity index (χ1v) is 11.9. The number of para-hydroxylation sites is 3. The van der Waals surface area contributed by atoms with E-state index in [-0.39, 0.29) is 24.9 Å². The number of nitrogens with zero attached hydrogens (tertiary/aromatic N) is 2. The maximum Gasteiger partial charge on any atom is 0.271 e. The van der Waals surface area contributed by atoms with Crippen molar-refractivity contribution in [2.75, 3.05) is 14.2 Å². The maximum absolute atomic E-state index is 13.9. The third-order valence-corrected chi connectivity index (χ3v) is 6.98. The van der Waals surface area contributed by atoms with Gasteiger partial charge in [0.2, 0.25) is 5.91 Å². The molecule has 0 radical (unpaired) electrons. The van der Waals surface area contributed by atoms with Crippen molar-refractivity contribution < 1.29 is 19.1 Å². The Morgan fingerprint density at radius 1 is 0.917 bits per heavy atom. The zero-order valence-electron chi connectivity index (χ0n) is 20.7. The Morgan fingerprint density at radius 2 is 1.53 bits per heavy atom. The van der Waals surface area contributed by atoms with E-state index in [0.29, 0.717) is 23.7 Å². The molecule has 0 saturated heterocycles. The van der Waals surface area contributed by atoms with Crippen LogP contribution in [-0.4, -0.2) is 41.0 Å². The first-order valence-electron chi connectivity index (χ1n) is 11.9. The van der Waals surface area contributed by atoms with Crippen molar-refractivity contribution >= 4 is 22.7 Å². The minimum atomic E-state index is -1.14. The second-order valence-electron chi connectivity index (χ2n) is 9.15. The van der Waals surface area contributed by atoms with E-state index >= 15 is 0 Å². The van der Waals surface area contributed by atoms with Crippen molar-refractivity contribution in [2.45, 2.75) is 32.1 Å². The number of carbonyl (C=O) groups is 2. The zero-order chi connectivity index (χ0) is 25.3. The Labute approximate surface area is 210 Å². The first kappa shape index (κ1) is 23.5. The minimum absolute atomic E-state index is 0.196. The fourth-order valence-corrected chi connectivity index (χ4v) is 4.97. The third kappa shape index (κ3) is 3.96. The van der Waals surface area contributed by atoms with Crippen molar-refractivity contribution in [3.63, 3.8) is 0 Å². The van der Waals surface area contributed by atoms with Gasteiger partial charge >= 0.3 is 0 Å². The van der Waals surface area contributed by atoms with Gasteiger partial charge in [0.25, 0.3) is 5.91 Å². The quantitative estimate of drug-likeness (QED) is 0.423. The van der Waals surface area contributed by atoms with Crippen molar-refractivity contribution in [2.24, 2.45) is 0 Å². The highest BCUT2D eigenvalue weighted by atomic mass is 16.5. The topological polar surface area (TPSA) is 72.8 Å².